The largest absolute Gasteiger partial charge is 0.508 e. The summed E-state index contributed by atoms with van der Waals surface area (Å²) >= 11 is 0. The van der Waals surface area contributed by atoms with E-state index in [4.69, 9.17) is 15.9 Å². The van der Waals surface area contributed by atoms with Crippen LogP contribution in [0.3, 0.4) is 0 Å². The van der Waals surface area contributed by atoms with Crippen molar-refractivity contribution < 1.29 is 59.4 Å². The number of benzene rings is 1. The summed E-state index contributed by atoms with van der Waals surface area (Å²) in [5.74, 6) is -6.75. The number of hydrogen-bond donors (Lipinski definition) is 12. The van der Waals surface area contributed by atoms with E-state index in [-0.39, 0.29) is 12.2 Å². The molecule has 44 heavy (non-hydrogen) atoms. The third-order valence-electron chi connectivity index (χ3n) is 6.21. The number of amides is 5. The number of carboxylic acid groups (broad SMARTS) is 1. The molecule has 0 aliphatic rings. The Kier molecular flexibility index (Phi) is 15.1. The van der Waals surface area contributed by atoms with Gasteiger partial charge in [0.25, 0.3) is 0 Å². The standard InChI is InChI=1S/C26H40N6O12/c1-11(26(43)44)28-24(41)19(12(2)35)32-25(42)20(13(3)36)31-23(40)18(10-34)30-22(39)17(29-21(38)16(27)9-33)8-14-4-6-15(37)7-5-14/h4-7,11-13,16-20,33-37H,8-10,27H2,1-3H3,(H,28,41)(H,29,38)(H,30,39)(H,31,40)(H,32,42)(H,43,44)/t11-,12+,13+,16-,17-,18-,19-,20-/m0/s1. The topological polar surface area (TPSA) is 310 Å². The summed E-state index contributed by atoms with van der Waals surface area (Å²) in [6, 6.07) is -3.77. The second-order valence-corrected chi connectivity index (χ2v) is 9.99. The van der Waals surface area contributed by atoms with Crippen LogP contribution in [0.25, 0.3) is 0 Å². The number of carbonyl (C=O) groups is 6. The highest BCUT2D eigenvalue weighted by Crippen LogP contribution is 2.12. The van der Waals surface area contributed by atoms with E-state index in [0.29, 0.717) is 5.56 Å². The molecule has 8 atom stereocenters. The zero-order valence-electron chi connectivity index (χ0n) is 24.3. The minimum Gasteiger partial charge on any atom is -0.508 e. The van der Waals surface area contributed by atoms with Crippen molar-refractivity contribution in [3.63, 3.8) is 0 Å². The highest BCUT2D eigenvalue weighted by Gasteiger charge is 2.35. The van der Waals surface area contributed by atoms with Gasteiger partial charge in [0, 0.05) is 6.42 Å². The summed E-state index contributed by atoms with van der Waals surface area (Å²) in [7, 11) is 0. The maximum Gasteiger partial charge on any atom is 0.325 e. The molecule has 0 saturated carbocycles. The van der Waals surface area contributed by atoms with Gasteiger partial charge in [0.15, 0.2) is 0 Å². The molecular formula is C26H40N6O12. The molecule has 18 heteroatoms. The second kappa shape index (κ2) is 17.7. The van der Waals surface area contributed by atoms with E-state index in [9.17, 15) is 49.2 Å². The molecule has 0 unspecified atom stereocenters. The number of aromatic hydroxyl groups is 1. The van der Waals surface area contributed by atoms with Gasteiger partial charge in [0.2, 0.25) is 29.5 Å². The highest BCUT2D eigenvalue weighted by molar-refractivity contribution is 5.96. The third-order valence-corrected chi connectivity index (χ3v) is 6.21. The van der Waals surface area contributed by atoms with Crippen molar-refractivity contribution in [2.75, 3.05) is 13.2 Å². The first kappa shape index (κ1) is 37.7. The van der Waals surface area contributed by atoms with Gasteiger partial charge in [-0.15, -0.1) is 0 Å². The minimum absolute atomic E-state index is 0.0648. The summed E-state index contributed by atoms with van der Waals surface area (Å²) in [4.78, 5) is 74.7. The van der Waals surface area contributed by atoms with Crippen LogP contribution in [0.4, 0.5) is 0 Å². The molecule has 18 nitrogen and oxygen atoms in total. The molecule has 0 bridgehead atoms. The predicted octanol–water partition coefficient (Wildman–Crippen LogP) is -5.46. The highest BCUT2D eigenvalue weighted by atomic mass is 16.4. The molecule has 0 spiro atoms. The molecule has 0 fully saturated rings. The van der Waals surface area contributed by atoms with E-state index in [1.165, 1.54) is 24.3 Å². The maximum absolute atomic E-state index is 13.1. The molecule has 0 aromatic heterocycles. The average Bonchev–Trinajstić information content (AvgIpc) is 2.96. The van der Waals surface area contributed by atoms with Gasteiger partial charge < -0.3 is 63.0 Å². The van der Waals surface area contributed by atoms with Gasteiger partial charge in [-0.05, 0) is 38.5 Å². The molecule has 246 valence electrons. The van der Waals surface area contributed by atoms with Crippen LogP contribution in [-0.4, -0.2) is 128 Å². The zero-order valence-corrected chi connectivity index (χ0v) is 24.3. The number of aliphatic hydroxyl groups is 4. The van der Waals surface area contributed by atoms with Crippen LogP contribution in [0.5, 0.6) is 5.75 Å². The Morgan fingerprint density at radius 3 is 1.59 bits per heavy atom. The Hall–Kier alpha value is -4.36. The first-order valence-corrected chi connectivity index (χ1v) is 13.4. The van der Waals surface area contributed by atoms with Gasteiger partial charge in [0.05, 0.1) is 25.4 Å². The summed E-state index contributed by atoms with van der Waals surface area (Å²) < 4.78 is 0. The maximum atomic E-state index is 13.1. The summed E-state index contributed by atoms with van der Waals surface area (Å²) in [5.41, 5.74) is 5.98. The van der Waals surface area contributed by atoms with Gasteiger partial charge in [-0.1, -0.05) is 12.1 Å². The van der Waals surface area contributed by atoms with E-state index in [2.05, 4.69) is 26.6 Å². The fourth-order valence-electron chi connectivity index (χ4n) is 3.58. The van der Waals surface area contributed by atoms with E-state index < -0.39 is 97.2 Å². The number of phenols is 1. The molecule has 1 aromatic rings. The Labute approximate surface area is 252 Å². The Morgan fingerprint density at radius 2 is 1.14 bits per heavy atom. The Morgan fingerprint density at radius 1 is 0.682 bits per heavy atom. The molecule has 0 heterocycles. The lowest BCUT2D eigenvalue weighted by Gasteiger charge is -2.28. The number of nitrogens with two attached hydrogens (primary N) is 1. The van der Waals surface area contributed by atoms with Gasteiger partial charge in [0.1, 0.15) is 42.0 Å². The van der Waals surface area contributed by atoms with Crippen molar-refractivity contribution in [3.05, 3.63) is 29.8 Å². The fraction of sp³-hybridized carbons (Fsp3) is 0.538. The average molecular weight is 629 g/mol. The Balaban J connectivity index is 3.09. The summed E-state index contributed by atoms with van der Waals surface area (Å²) in [5, 5.41) is 68.5. The lowest BCUT2D eigenvalue weighted by atomic mass is 10.0. The number of rotatable bonds is 17. The molecule has 0 aliphatic carbocycles. The summed E-state index contributed by atoms with van der Waals surface area (Å²) in [6.45, 7) is 1.64. The molecular weight excluding hydrogens is 588 g/mol. The van der Waals surface area contributed by atoms with Crippen LogP contribution in [-0.2, 0) is 35.2 Å². The van der Waals surface area contributed by atoms with Crippen LogP contribution >= 0.6 is 0 Å². The van der Waals surface area contributed by atoms with Crippen LogP contribution in [0.15, 0.2) is 24.3 Å². The predicted molar refractivity (Wildman–Crippen MR) is 150 cm³/mol. The second-order valence-electron chi connectivity index (χ2n) is 9.99. The van der Waals surface area contributed by atoms with Crippen LogP contribution in [0.1, 0.15) is 26.3 Å². The van der Waals surface area contributed by atoms with Gasteiger partial charge in [-0.2, -0.15) is 0 Å². The van der Waals surface area contributed by atoms with Crippen molar-refractivity contribution >= 4 is 35.5 Å². The number of phenolic OH excluding ortho intramolecular Hbond substituents is 1. The molecule has 1 aromatic carbocycles. The monoisotopic (exact) mass is 628 g/mol. The van der Waals surface area contributed by atoms with E-state index in [1.807, 2.05) is 0 Å². The zero-order chi connectivity index (χ0) is 33.7. The number of hydrogen-bond acceptors (Lipinski definition) is 12. The molecule has 5 amide bonds. The van der Waals surface area contributed by atoms with Crippen molar-refractivity contribution in [3.8, 4) is 5.75 Å². The first-order chi connectivity index (χ1) is 20.5. The lowest BCUT2D eigenvalue weighted by Crippen LogP contribution is -2.63. The number of aliphatic hydroxyl groups excluding tert-OH is 4. The van der Waals surface area contributed by atoms with Crippen molar-refractivity contribution in [2.24, 2.45) is 5.73 Å². The van der Waals surface area contributed by atoms with Crippen molar-refractivity contribution in [1.29, 1.82) is 0 Å². The smallest absolute Gasteiger partial charge is 0.325 e. The van der Waals surface area contributed by atoms with Crippen LogP contribution in [0, 0.1) is 0 Å². The molecule has 13 N–H and O–H groups in total. The number of carboxylic acids is 1. The fourth-order valence-corrected chi connectivity index (χ4v) is 3.58. The van der Waals surface area contributed by atoms with Crippen molar-refractivity contribution in [2.45, 2.75) is 75.7 Å². The van der Waals surface area contributed by atoms with Gasteiger partial charge >= 0.3 is 5.97 Å². The first-order valence-electron chi connectivity index (χ1n) is 13.4. The SMILES string of the molecule is C[C@H](NC(=O)[C@@H](NC(=O)[C@@H](NC(=O)[C@H](CO)NC(=O)[C@H](Cc1ccc(O)cc1)NC(=O)[C@@H](N)CO)[C@@H](C)O)[C@@H](C)O)C(=O)O. The molecule has 0 radical (unpaired) electrons. The van der Waals surface area contributed by atoms with E-state index in [0.717, 1.165) is 20.8 Å². The number of carbonyl (C=O) groups excluding carboxylic acids is 5. The third kappa shape index (κ3) is 11.7. The summed E-state index contributed by atoms with van der Waals surface area (Å²) in [6.07, 6.45) is -3.31. The van der Waals surface area contributed by atoms with Crippen molar-refractivity contribution in [1.82, 2.24) is 26.6 Å². The molecule has 1 rings (SSSR count). The number of nitrogens with one attached hydrogen (secondary N) is 5. The molecule has 0 aliphatic heterocycles. The van der Waals surface area contributed by atoms with Gasteiger partial charge in [-0.25, -0.2) is 0 Å². The molecule has 0 saturated heterocycles. The normalized spacial score (nSPS) is 16.5. The Bertz CT molecular complexity index is 1160. The lowest BCUT2D eigenvalue weighted by molar-refractivity contribution is -0.142. The van der Waals surface area contributed by atoms with Crippen LogP contribution in [0.2, 0.25) is 0 Å². The van der Waals surface area contributed by atoms with E-state index in [1.54, 1.807) is 0 Å². The number of aliphatic carboxylic acids is 1. The van der Waals surface area contributed by atoms with E-state index >= 15 is 0 Å². The minimum atomic E-state index is -1.78. The quantitative estimate of drug-likeness (QED) is 0.0767. The van der Waals surface area contributed by atoms with Gasteiger partial charge in [-0.3, -0.25) is 28.8 Å². The van der Waals surface area contributed by atoms with Crippen LogP contribution < -0.4 is 32.3 Å².